The minimum atomic E-state index is 0.117. The summed E-state index contributed by atoms with van der Waals surface area (Å²) in [7, 11) is 1.87. The lowest BCUT2D eigenvalue weighted by molar-refractivity contribution is 0.602. The van der Waals surface area contributed by atoms with Crippen LogP contribution in [0.25, 0.3) is 11.0 Å². The van der Waals surface area contributed by atoms with Gasteiger partial charge in [-0.25, -0.2) is 19.6 Å². The highest BCUT2D eigenvalue weighted by molar-refractivity contribution is 9.10. The van der Waals surface area contributed by atoms with Crippen molar-refractivity contribution >= 4 is 50.1 Å². The summed E-state index contributed by atoms with van der Waals surface area (Å²) in [4.78, 5) is 14.4. The highest BCUT2D eigenvalue weighted by Gasteiger charge is 2.19. The van der Waals surface area contributed by atoms with Crippen LogP contribution < -0.4 is 0 Å². The predicted octanol–water partition coefficient (Wildman–Crippen LogP) is 4.03. The van der Waals surface area contributed by atoms with Gasteiger partial charge in [-0.1, -0.05) is 20.8 Å². The largest absolute Gasteiger partial charge is 0.249 e. The van der Waals surface area contributed by atoms with E-state index in [0.717, 1.165) is 25.0 Å². The Labute approximate surface area is 139 Å². The fraction of sp³-hybridized carbons (Fsp3) is 0.385. The monoisotopic (exact) mass is 383 g/mol. The number of aromatic nitrogens is 5. The Balaban J connectivity index is 2.01. The SMILES string of the molecule is Cn1nc(Br)c2c(Sc3ncc(C(C)(C)C)s3)ncnc21. The summed E-state index contributed by atoms with van der Waals surface area (Å²) in [5.74, 6) is 0. The molecule has 110 valence electrons. The molecule has 3 heterocycles. The fourth-order valence-corrected chi connectivity index (χ4v) is 4.60. The van der Waals surface area contributed by atoms with Gasteiger partial charge in [-0.15, -0.1) is 11.3 Å². The number of nitrogens with zero attached hydrogens (tertiary/aromatic N) is 5. The lowest BCUT2D eigenvalue weighted by Gasteiger charge is -2.14. The lowest BCUT2D eigenvalue weighted by atomic mass is 9.96. The first kappa shape index (κ1) is 14.9. The van der Waals surface area contributed by atoms with Gasteiger partial charge in [0, 0.05) is 18.1 Å². The molecule has 0 saturated carbocycles. The molecule has 0 aliphatic rings. The van der Waals surface area contributed by atoms with Gasteiger partial charge in [0.15, 0.2) is 9.99 Å². The fourth-order valence-electron chi connectivity index (χ4n) is 1.83. The molecule has 8 heteroatoms. The summed E-state index contributed by atoms with van der Waals surface area (Å²) >= 11 is 6.74. The molecule has 5 nitrogen and oxygen atoms in total. The normalized spacial score (nSPS) is 12.2. The van der Waals surface area contributed by atoms with Gasteiger partial charge in [-0.3, -0.25) is 0 Å². The Morgan fingerprint density at radius 1 is 1.24 bits per heavy atom. The van der Waals surface area contributed by atoms with E-state index in [4.69, 9.17) is 0 Å². The Kier molecular flexibility index (Phi) is 3.79. The van der Waals surface area contributed by atoms with Crippen LogP contribution in [0.2, 0.25) is 0 Å². The third-order valence-electron chi connectivity index (χ3n) is 2.95. The van der Waals surface area contributed by atoms with Crippen molar-refractivity contribution in [3.8, 4) is 0 Å². The van der Waals surface area contributed by atoms with Crippen molar-refractivity contribution in [1.29, 1.82) is 0 Å². The van der Waals surface area contributed by atoms with Gasteiger partial charge in [0.2, 0.25) is 0 Å². The molecule has 0 aliphatic heterocycles. The number of rotatable bonds is 2. The first-order valence-corrected chi connectivity index (χ1v) is 8.76. The van der Waals surface area contributed by atoms with Crippen molar-refractivity contribution in [2.45, 2.75) is 35.6 Å². The summed E-state index contributed by atoms with van der Waals surface area (Å²) in [5, 5.41) is 6.14. The molecular weight excluding hydrogens is 370 g/mol. The van der Waals surface area contributed by atoms with Crippen molar-refractivity contribution in [3.63, 3.8) is 0 Å². The van der Waals surface area contributed by atoms with Crippen LogP contribution in [0, 0.1) is 0 Å². The van der Waals surface area contributed by atoms with Crippen LogP contribution in [-0.2, 0) is 12.5 Å². The second kappa shape index (κ2) is 5.33. The number of thiazole rings is 1. The molecule has 3 aromatic heterocycles. The Hall–Kier alpha value is -0.990. The van der Waals surface area contributed by atoms with Crippen LogP contribution in [0.4, 0.5) is 0 Å². The van der Waals surface area contributed by atoms with Crippen LogP contribution in [-0.4, -0.2) is 24.7 Å². The van der Waals surface area contributed by atoms with Crippen LogP contribution in [0.5, 0.6) is 0 Å². The van der Waals surface area contributed by atoms with Crippen molar-refractivity contribution in [3.05, 3.63) is 22.0 Å². The molecule has 3 rings (SSSR count). The Bertz CT molecular complexity index is 803. The Morgan fingerprint density at radius 3 is 2.67 bits per heavy atom. The van der Waals surface area contributed by atoms with E-state index in [-0.39, 0.29) is 5.41 Å². The lowest BCUT2D eigenvalue weighted by Crippen LogP contribution is -2.07. The number of aryl methyl sites for hydroxylation is 1. The van der Waals surface area contributed by atoms with Crippen molar-refractivity contribution in [1.82, 2.24) is 24.7 Å². The highest BCUT2D eigenvalue weighted by atomic mass is 79.9. The van der Waals surface area contributed by atoms with Crippen LogP contribution in [0.15, 0.2) is 26.5 Å². The van der Waals surface area contributed by atoms with Crippen LogP contribution in [0.3, 0.4) is 0 Å². The standard InChI is InChI=1S/C13H14BrN5S2/c1-13(2,3)7-5-15-12(20-7)21-11-8-9(14)18-19(4)10(8)16-6-17-11/h5-6H,1-4H3. The van der Waals surface area contributed by atoms with E-state index >= 15 is 0 Å². The van der Waals surface area contributed by atoms with E-state index in [1.54, 1.807) is 34.1 Å². The number of fused-ring (bicyclic) bond motifs is 1. The van der Waals surface area contributed by atoms with Gasteiger partial charge < -0.3 is 0 Å². The molecule has 0 aliphatic carbocycles. The summed E-state index contributed by atoms with van der Waals surface area (Å²) < 4.78 is 3.49. The zero-order valence-corrected chi connectivity index (χ0v) is 15.3. The summed E-state index contributed by atoms with van der Waals surface area (Å²) in [6.07, 6.45) is 3.51. The van der Waals surface area contributed by atoms with Gasteiger partial charge in [0.25, 0.3) is 0 Å². The topological polar surface area (TPSA) is 56.5 Å². The van der Waals surface area contributed by atoms with Gasteiger partial charge in [0.1, 0.15) is 16.0 Å². The van der Waals surface area contributed by atoms with Gasteiger partial charge in [-0.2, -0.15) is 5.10 Å². The number of halogens is 1. The minimum absolute atomic E-state index is 0.117. The summed E-state index contributed by atoms with van der Waals surface area (Å²) in [5.41, 5.74) is 0.929. The van der Waals surface area contributed by atoms with E-state index in [1.165, 1.54) is 4.88 Å². The first-order valence-electron chi connectivity index (χ1n) is 6.33. The molecule has 21 heavy (non-hydrogen) atoms. The van der Waals surface area contributed by atoms with Gasteiger partial charge >= 0.3 is 0 Å². The van der Waals surface area contributed by atoms with E-state index in [9.17, 15) is 0 Å². The van der Waals surface area contributed by atoms with Crippen molar-refractivity contribution < 1.29 is 0 Å². The Morgan fingerprint density at radius 2 is 2.00 bits per heavy atom. The molecule has 0 radical (unpaired) electrons. The molecular formula is C13H14BrN5S2. The maximum Gasteiger partial charge on any atom is 0.163 e. The maximum atomic E-state index is 4.50. The van der Waals surface area contributed by atoms with E-state index < -0.39 is 0 Å². The van der Waals surface area contributed by atoms with Gasteiger partial charge in [0.05, 0.1) is 5.39 Å². The average molecular weight is 384 g/mol. The van der Waals surface area contributed by atoms with Crippen LogP contribution >= 0.6 is 39.0 Å². The zero-order chi connectivity index (χ0) is 15.2. The van der Waals surface area contributed by atoms with E-state index in [1.807, 2.05) is 13.2 Å². The van der Waals surface area contributed by atoms with Crippen molar-refractivity contribution in [2.24, 2.45) is 7.05 Å². The van der Waals surface area contributed by atoms with E-state index in [0.29, 0.717) is 0 Å². The van der Waals surface area contributed by atoms with Crippen molar-refractivity contribution in [2.75, 3.05) is 0 Å². The minimum Gasteiger partial charge on any atom is -0.249 e. The molecule has 0 N–H and O–H groups in total. The third kappa shape index (κ3) is 2.84. The highest BCUT2D eigenvalue weighted by Crippen LogP contribution is 2.38. The second-order valence-electron chi connectivity index (χ2n) is 5.63. The van der Waals surface area contributed by atoms with Crippen LogP contribution in [0.1, 0.15) is 25.6 Å². The first-order chi connectivity index (χ1) is 9.86. The molecule has 3 aromatic rings. The molecule has 0 saturated heterocycles. The van der Waals surface area contributed by atoms with E-state index in [2.05, 4.69) is 56.8 Å². The second-order valence-corrected chi connectivity index (χ2v) is 8.65. The molecule has 0 fully saturated rings. The third-order valence-corrected chi connectivity index (χ3v) is 6.01. The molecule has 0 spiro atoms. The zero-order valence-electron chi connectivity index (χ0n) is 12.1. The van der Waals surface area contributed by atoms with Gasteiger partial charge in [-0.05, 0) is 33.1 Å². The maximum absolute atomic E-state index is 4.50. The number of hydrogen-bond donors (Lipinski definition) is 0. The molecule has 0 unspecified atom stereocenters. The molecule has 0 bridgehead atoms. The smallest absolute Gasteiger partial charge is 0.163 e. The molecule has 0 atom stereocenters. The molecule has 0 amide bonds. The predicted molar refractivity (Wildman–Crippen MR) is 88.9 cm³/mol. The summed E-state index contributed by atoms with van der Waals surface area (Å²) in [6.45, 7) is 6.57. The molecule has 0 aromatic carbocycles. The summed E-state index contributed by atoms with van der Waals surface area (Å²) in [6, 6.07) is 0. The average Bonchev–Trinajstić information content (AvgIpc) is 2.96. The number of hydrogen-bond acceptors (Lipinski definition) is 6. The quantitative estimate of drug-likeness (QED) is 0.625.